The SMILES string of the molecule is CC1CN(CCNC(=O)Cc2ccc(NS(=O)(=O)c3cccs3)cc2)CC(C)O1. The molecule has 9 heteroatoms. The third kappa shape index (κ3) is 6.53. The molecule has 1 aromatic heterocycles. The van der Waals surface area contributed by atoms with Crippen molar-refractivity contribution >= 4 is 33.0 Å². The van der Waals surface area contributed by atoms with Crippen molar-refractivity contribution in [3.8, 4) is 0 Å². The molecule has 158 valence electrons. The van der Waals surface area contributed by atoms with Gasteiger partial charge in [0.1, 0.15) is 4.21 Å². The van der Waals surface area contributed by atoms with E-state index in [-0.39, 0.29) is 28.7 Å². The molecule has 29 heavy (non-hydrogen) atoms. The van der Waals surface area contributed by atoms with Crippen molar-refractivity contribution in [2.75, 3.05) is 30.9 Å². The van der Waals surface area contributed by atoms with Crippen LogP contribution in [0.4, 0.5) is 5.69 Å². The largest absolute Gasteiger partial charge is 0.373 e. The molecule has 2 unspecified atom stereocenters. The number of rotatable bonds is 8. The summed E-state index contributed by atoms with van der Waals surface area (Å²) in [5, 5.41) is 4.67. The Kier molecular flexibility index (Phi) is 7.28. The molecule has 0 saturated carbocycles. The van der Waals surface area contributed by atoms with E-state index in [0.717, 1.165) is 36.5 Å². The first-order valence-electron chi connectivity index (χ1n) is 9.61. The number of hydrogen-bond donors (Lipinski definition) is 2. The Morgan fingerprint density at radius 1 is 1.17 bits per heavy atom. The van der Waals surface area contributed by atoms with Gasteiger partial charge in [0, 0.05) is 31.9 Å². The molecular formula is C20H27N3O4S2. The summed E-state index contributed by atoms with van der Waals surface area (Å²) in [4.78, 5) is 14.5. The smallest absolute Gasteiger partial charge is 0.271 e. The number of amides is 1. The van der Waals surface area contributed by atoms with Gasteiger partial charge >= 0.3 is 0 Å². The topological polar surface area (TPSA) is 87.7 Å². The first-order valence-corrected chi connectivity index (χ1v) is 12.0. The number of morpholine rings is 1. The molecule has 1 amide bonds. The number of carbonyl (C=O) groups is 1. The molecule has 0 spiro atoms. The minimum atomic E-state index is -3.56. The minimum absolute atomic E-state index is 0.0497. The molecule has 1 aromatic carbocycles. The van der Waals surface area contributed by atoms with Crippen LogP contribution < -0.4 is 10.0 Å². The van der Waals surface area contributed by atoms with Gasteiger partial charge < -0.3 is 10.1 Å². The minimum Gasteiger partial charge on any atom is -0.373 e. The summed E-state index contributed by atoms with van der Waals surface area (Å²) >= 11 is 1.16. The number of benzene rings is 1. The van der Waals surface area contributed by atoms with Crippen LogP contribution >= 0.6 is 11.3 Å². The summed E-state index contributed by atoms with van der Waals surface area (Å²) in [6.07, 6.45) is 0.684. The van der Waals surface area contributed by atoms with E-state index in [9.17, 15) is 13.2 Å². The molecule has 2 atom stereocenters. The van der Waals surface area contributed by atoms with Crippen molar-refractivity contribution in [2.45, 2.75) is 36.7 Å². The maximum atomic E-state index is 12.2. The number of anilines is 1. The number of hydrogen-bond acceptors (Lipinski definition) is 6. The third-order valence-electron chi connectivity index (χ3n) is 4.58. The maximum Gasteiger partial charge on any atom is 0.271 e. The van der Waals surface area contributed by atoms with Crippen molar-refractivity contribution in [3.05, 3.63) is 47.3 Å². The van der Waals surface area contributed by atoms with Gasteiger partial charge in [-0.15, -0.1) is 11.3 Å². The van der Waals surface area contributed by atoms with E-state index in [0.29, 0.717) is 12.2 Å². The summed E-state index contributed by atoms with van der Waals surface area (Å²) in [5.41, 5.74) is 1.30. The first kappa shape index (κ1) is 21.8. The van der Waals surface area contributed by atoms with E-state index in [2.05, 4.69) is 28.8 Å². The molecule has 1 aliphatic rings. The van der Waals surface area contributed by atoms with Gasteiger partial charge in [-0.1, -0.05) is 18.2 Å². The first-order chi connectivity index (χ1) is 13.8. The lowest BCUT2D eigenvalue weighted by Gasteiger charge is -2.35. The molecule has 1 fully saturated rings. The number of nitrogens with zero attached hydrogens (tertiary/aromatic N) is 1. The maximum absolute atomic E-state index is 12.2. The fraction of sp³-hybridized carbons (Fsp3) is 0.450. The predicted octanol–water partition coefficient (Wildman–Crippen LogP) is 2.32. The predicted molar refractivity (Wildman–Crippen MR) is 115 cm³/mol. The Morgan fingerprint density at radius 2 is 1.86 bits per heavy atom. The van der Waals surface area contributed by atoms with Gasteiger partial charge in [-0.3, -0.25) is 14.4 Å². The van der Waals surface area contributed by atoms with Gasteiger partial charge in [0.05, 0.1) is 18.6 Å². The molecule has 2 heterocycles. The zero-order valence-electron chi connectivity index (χ0n) is 16.6. The molecule has 2 aromatic rings. The highest BCUT2D eigenvalue weighted by molar-refractivity contribution is 7.94. The Morgan fingerprint density at radius 3 is 2.48 bits per heavy atom. The van der Waals surface area contributed by atoms with Crippen LogP contribution in [0.5, 0.6) is 0 Å². The average Bonchev–Trinajstić information content (AvgIpc) is 3.18. The monoisotopic (exact) mass is 437 g/mol. The lowest BCUT2D eigenvalue weighted by atomic mass is 10.1. The van der Waals surface area contributed by atoms with Crippen LogP contribution in [0.2, 0.25) is 0 Å². The molecule has 0 aliphatic carbocycles. The quantitative estimate of drug-likeness (QED) is 0.662. The normalized spacial score (nSPS) is 20.3. The van der Waals surface area contributed by atoms with Gasteiger partial charge in [0.15, 0.2) is 0 Å². The number of carbonyl (C=O) groups excluding carboxylic acids is 1. The van der Waals surface area contributed by atoms with E-state index in [1.54, 1.807) is 41.8 Å². The molecule has 1 saturated heterocycles. The third-order valence-corrected chi connectivity index (χ3v) is 7.35. The molecule has 1 aliphatic heterocycles. The van der Waals surface area contributed by atoms with Crippen LogP contribution in [-0.2, 0) is 26.0 Å². The van der Waals surface area contributed by atoms with Crippen molar-refractivity contribution in [3.63, 3.8) is 0 Å². The Labute approximate surface area is 176 Å². The van der Waals surface area contributed by atoms with Gasteiger partial charge in [0.25, 0.3) is 10.0 Å². The standard InChI is InChI=1S/C20H27N3O4S2/c1-15-13-23(14-16(2)27-15)10-9-21-19(24)12-17-5-7-18(8-6-17)22-29(25,26)20-4-3-11-28-20/h3-8,11,15-16,22H,9-10,12-14H2,1-2H3,(H,21,24). The zero-order chi connectivity index (χ0) is 20.9. The van der Waals surface area contributed by atoms with E-state index in [1.807, 2.05) is 0 Å². The molecule has 0 bridgehead atoms. The van der Waals surface area contributed by atoms with Crippen molar-refractivity contribution < 1.29 is 17.9 Å². The van der Waals surface area contributed by atoms with E-state index >= 15 is 0 Å². The highest BCUT2D eigenvalue weighted by atomic mass is 32.2. The van der Waals surface area contributed by atoms with Crippen molar-refractivity contribution in [2.24, 2.45) is 0 Å². The van der Waals surface area contributed by atoms with Gasteiger partial charge in [0.2, 0.25) is 5.91 Å². The zero-order valence-corrected chi connectivity index (χ0v) is 18.3. The van der Waals surface area contributed by atoms with Gasteiger partial charge in [-0.2, -0.15) is 0 Å². The van der Waals surface area contributed by atoms with Crippen LogP contribution in [0.1, 0.15) is 19.4 Å². The van der Waals surface area contributed by atoms with Crippen molar-refractivity contribution in [1.82, 2.24) is 10.2 Å². The Hall–Kier alpha value is -1.94. The van der Waals surface area contributed by atoms with Crippen LogP contribution in [-0.4, -0.2) is 57.6 Å². The Balaban J connectivity index is 1.44. The number of thiophene rings is 1. The summed E-state index contributed by atoms with van der Waals surface area (Å²) in [6, 6.07) is 10.1. The fourth-order valence-electron chi connectivity index (χ4n) is 3.38. The van der Waals surface area contributed by atoms with E-state index in [1.165, 1.54) is 0 Å². The Bertz CT molecular complexity index is 888. The van der Waals surface area contributed by atoms with E-state index < -0.39 is 10.0 Å². The van der Waals surface area contributed by atoms with Crippen molar-refractivity contribution in [1.29, 1.82) is 0 Å². The average molecular weight is 438 g/mol. The second-order valence-corrected chi connectivity index (χ2v) is 10.1. The second kappa shape index (κ2) is 9.71. The van der Waals surface area contributed by atoms with Gasteiger partial charge in [-0.05, 0) is 43.0 Å². The molecule has 3 rings (SSSR count). The number of sulfonamides is 1. The van der Waals surface area contributed by atoms with Crippen LogP contribution in [0.15, 0.2) is 46.0 Å². The van der Waals surface area contributed by atoms with Crippen LogP contribution in [0, 0.1) is 0 Å². The second-order valence-electron chi connectivity index (χ2n) is 7.28. The van der Waals surface area contributed by atoms with E-state index in [4.69, 9.17) is 4.74 Å². The highest BCUT2D eigenvalue weighted by Crippen LogP contribution is 2.20. The molecule has 7 nitrogen and oxygen atoms in total. The van der Waals surface area contributed by atoms with Crippen LogP contribution in [0.3, 0.4) is 0 Å². The summed E-state index contributed by atoms with van der Waals surface area (Å²) < 4.78 is 33.0. The summed E-state index contributed by atoms with van der Waals surface area (Å²) in [6.45, 7) is 7.27. The fourth-order valence-corrected chi connectivity index (χ4v) is 5.43. The van der Waals surface area contributed by atoms with Crippen LogP contribution in [0.25, 0.3) is 0 Å². The number of ether oxygens (including phenoxy) is 1. The van der Waals surface area contributed by atoms with Gasteiger partial charge in [-0.25, -0.2) is 8.42 Å². The molecule has 2 N–H and O–H groups in total. The lowest BCUT2D eigenvalue weighted by Crippen LogP contribution is -2.48. The lowest BCUT2D eigenvalue weighted by molar-refractivity contribution is -0.120. The molecule has 0 radical (unpaired) electrons. The summed E-state index contributed by atoms with van der Waals surface area (Å²) in [5.74, 6) is -0.0497. The summed E-state index contributed by atoms with van der Waals surface area (Å²) in [7, 11) is -3.56. The molecular weight excluding hydrogens is 410 g/mol. The number of nitrogens with one attached hydrogen (secondary N) is 2. The highest BCUT2D eigenvalue weighted by Gasteiger charge is 2.21.